The second kappa shape index (κ2) is 8.50. The molecule has 0 spiro atoms. The zero-order valence-electron chi connectivity index (χ0n) is 18.1. The Kier molecular flexibility index (Phi) is 5.89. The molecule has 1 atom stereocenters. The van der Waals surface area contributed by atoms with Crippen LogP contribution in [0.4, 0.5) is 19.7 Å². The molecule has 32 heavy (non-hydrogen) atoms. The number of ether oxygens (including phenoxy) is 1. The molecule has 170 valence electrons. The van der Waals surface area contributed by atoms with Crippen LogP contribution in [0.1, 0.15) is 31.2 Å². The lowest BCUT2D eigenvalue weighted by molar-refractivity contribution is -0.128. The number of carbonyl (C=O) groups excluding carboxylic acids is 1. The quantitative estimate of drug-likeness (QED) is 0.506. The lowest BCUT2D eigenvalue weighted by atomic mass is 10.2. The topological polar surface area (TPSA) is 72.3 Å². The van der Waals surface area contributed by atoms with Crippen molar-refractivity contribution in [2.24, 2.45) is 0 Å². The van der Waals surface area contributed by atoms with Gasteiger partial charge in [0.05, 0.1) is 23.5 Å². The number of pyridine rings is 1. The Bertz CT molecular complexity index is 1160. The average Bonchev–Trinajstić information content (AvgIpc) is 3.42. The summed E-state index contributed by atoms with van der Waals surface area (Å²) in [6.07, 6.45) is 4.30. The second-order valence-electron chi connectivity index (χ2n) is 8.16. The van der Waals surface area contributed by atoms with E-state index in [0.717, 1.165) is 26.8 Å². The summed E-state index contributed by atoms with van der Waals surface area (Å²) in [5.41, 5.74) is 0.900. The molecule has 1 aliphatic rings. The fourth-order valence-corrected chi connectivity index (χ4v) is 4.54. The van der Waals surface area contributed by atoms with Gasteiger partial charge in [-0.1, -0.05) is 6.58 Å². The first-order chi connectivity index (χ1) is 15.2. The van der Waals surface area contributed by atoms with Gasteiger partial charge >= 0.3 is 0 Å². The number of halogens is 2. The molecular formula is C22H25F2N5O2S. The highest BCUT2D eigenvalue weighted by Gasteiger charge is 2.46. The summed E-state index contributed by atoms with van der Waals surface area (Å²) in [5, 5.41) is 4.66. The lowest BCUT2D eigenvalue weighted by Crippen LogP contribution is -2.38. The van der Waals surface area contributed by atoms with Gasteiger partial charge in [-0.25, -0.2) is 13.8 Å². The van der Waals surface area contributed by atoms with Crippen molar-refractivity contribution in [2.75, 3.05) is 18.5 Å². The van der Waals surface area contributed by atoms with Crippen molar-refractivity contribution in [1.82, 2.24) is 19.4 Å². The van der Waals surface area contributed by atoms with Crippen LogP contribution in [0.25, 0.3) is 10.9 Å². The highest BCUT2D eigenvalue weighted by Crippen LogP contribution is 2.35. The van der Waals surface area contributed by atoms with Gasteiger partial charge in [-0.3, -0.25) is 4.79 Å². The first-order valence-corrected chi connectivity index (χ1v) is 11.1. The molecule has 0 saturated carbocycles. The van der Waals surface area contributed by atoms with Gasteiger partial charge in [-0.05, 0) is 32.9 Å². The van der Waals surface area contributed by atoms with Crippen LogP contribution in [-0.4, -0.2) is 50.5 Å². The summed E-state index contributed by atoms with van der Waals surface area (Å²) in [5.74, 6) is -2.63. The number of rotatable bonds is 7. The third-order valence-corrected chi connectivity index (χ3v) is 6.17. The Labute approximate surface area is 188 Å². The standard InChI is InChI=1S/C22H25F2N5O2S/c1-5-19(30)29-12-22(23,24)9-15(29)11-31-20-16-6-7-28(13(2)3)17(16)8-18(26-20)27-21-25-10-14(4)32-21/h5-8,10,13,15H,1,9,11-12H2,2-4H3,(H,25,26,27). The van der Waals surface area contributed by atoms with Crippen molar-refractivity contribution in [1.29, 1.82) is 0 Å². The largest absolute Gasteiger partial charge is 0.475 e. The van der Waals surface area contributed by atoms with Crippen LogP contribution < -0.4 is 10.1 Å². The number of amides is 1. The molecule has 4 heterocycles. The monoisotopic (exact) mass is 461 g/mol. The van der Waals surface area contributed by atoms with Crippen molar-refractivity contribution >= 4 is 39.1 Å². The number of fused-ring (bicyclic) bond motifs is 1. The molecule has 4 rings (SSSR count). The summed E-state index contributed by atoms with van der Waals surface area (Å²) >= 11 is 1.50. The molecular weight excluding hydrogens is 436 g/mol. The van der Waals surface area contributed by atoms with Gasteiger partial charge in [-0.15, -0.1) is 11.3 Å². The van der Waals surface area contributed by atoms with E-state index in [-0.39, 0.29) is 12.6 Å². The number of carbonyl (C=O) groups is 1. The van der Waals surface area contributed by atoms with Crippen LogP contribution in [0.15, 0.2) is 37.2 Å². The zero-order valence-corrected chi connectivity index (χ0v) is 19.0. The van der Waals surface area contributed by atoms with E-state index >= 15 is 0 Å². The third kappa shape index (κ3) is 4.45. The predicted molar refractivity (Wildman–Crippen MR) is 121 cm³/mol. The molecule has 1 fully saturated rings. The van der Waals surface area contributed by atoms with Gasteiger partial charge in [0.1, 0.15) is 12.4 Å². The number of nitrogens with zero attached hydrogens (tertiary/aromatic N) is 4. The fourth-order valence-electron chi connectivity index (χ4n) is 3.87. The normalized spacial score (nSPS) is 17.8. The van der Waals surface area contributed by atoms with Crippen molar-refractivity contribution in [3.8, 4) is 5.88 Å². The number of aryl methyl sites for hydroxylation is 1. The molecule has 10 heteroatoms. The van der Waals surface area contributed by atoms with E-state index in [0.29, 0.717) is 16.8 Å². The van der Waals surface area contributed by atoms with Crippen molar-refractivity contribution in [2.45, 2.75) is 45.2 Å². The van der Waals surface area contributed by atoms with Gasteiger partial charge in [0.25, 0.3) is 5.92 Å². The summed E-state index contributed by atoms with van der Waals surface area (Å²) in [6.45, 7) is 8.78. The predicted octanol–water partition coefficient (Wildman–Crippen LogP) is 4.93. The number of aromatic nitrogens is 3. The van der Waals surface area contributed by atoms with E-state index in [1.165, 1.54) is 11.3 Å². The van der Waals surface area contributed by atoms with E-state index in [1.807, 2.05) is 25.3 Å². The van der Waals surface area contributed by atoms with E-state index in [4.69, 9.17) is 4.74 Å². The molecule has 0 aromatic carbocycles. The maximum Gasteiger partial charge on any atom is 0.267 e. The molecule has 1 saturated heterocycles. The second-order valence-corrected chi connectivity index (χ2v) is 9.39. The summed E-state index contributed by atoms with van der Waals surface area (Å²) in [7, 11) is 0. The maximum absolute atomic E-state index is 14.0. The first kappa shape index (κ1) is 22.2. The van der Waals surface area contributed by atoms with Gasteiger partial charge in [0, 0.05) is 35.8 Å². The number of hydrogen-bond donors (Lipinski definition) is 1. The number of hydrogen-bond acceptors (Lipinski definition) is 6. The summed E-state index contributed by atoms with van der Waals surface area (Å²) in [6, 6.07) is 3.24. The highest BCUT2D eigenvalue weighted by atomic mass is 32.1. The zero-order chi connectivity index (χ0) is 23.0. The van der Waals surface area contributed by atoms with Crippen LogP contribution in [-0.2, 0) is 4.79 Å². The molecule has 0 radical (unpaired) electrons. The minimum atomic E-state index is -2.96. The van der Waals surface area contributed by atoms with Crippen LogP contribution in [0.2, 0.25) is 0 Å². The Morgan fingerprint density at radius 2 is 2.28 bits per heavy atom. The Morgan fingerprint density at radius 1 is 1.50 bits per heavy atom. The van der Waals surface area contributed by atoms with Crippen LogP contribution >= 0.6 is 11.3 Å². The van der Waals surface area contributed by atoms with Crippen LogP contribution in [0.5, 0.6) is 5.88 Å². The Hall–Kier alpha value is -3.01. The van der Waals surface area contributed by atoms with Gasteiger partial charge < -0.3 is 19.5 Å². The van der Waals surface area contributed by atoms with Gasteiger partial charge in [0.15, 0.2) is 5.13 Å². The van der Waals surface area contributed by atoms with E-state index in [1.54, 1.807) is 6.20 Å². The third-order valence-electron chi connectivity index (χ3n) is 5.34. The number of likely N-dealkylation sites (tertiary alicyclic amines) is 1. The van der Waals surface area contributed by atoms with Crippen molar-refractivity contribution < 1.29 is 18.3 Å². The SMILES string of the molecule is C=CC(=O)N1CC(F)(F)CC1COc1nc(Nc2ncc(C)s2)cc2c1ccn2C(C)C. The molecule has 0 aliphatic carbocycles. The minimum Gasteiger partial charge on any atom is -0.475 e. The molecule has 1 unspecified atom stereocenters. The highest BCUT2D eigenvalue weighted by molar-refractivity contribution is 7.15. The lowest BCUT2D eigenvalue weighted by Gasteiger charge is -2.22. The number of thiazole rings is 1. The number of alkyl halides is 2. The van der Waals surface area contributed by atoms with Crippen LogP contribution in [0, 0.1) is 6.92 Å². The van der Waals surface area contributed by atoms with E-state index in [9.17, 15) is 13.6 Å². The number of nitrogens with one attached hydrogen (secondary N) is 1. The van der Waals surface area contributed by atoms with E-state index < -0.39 is 30.8 Å². The molecule has 3 aromatic heterocycles. The minimum absolute atomic E-state index is 0.0933. The van der Waals surface area contributed by atoms with Crippen molar-refractivity contribution in [3.05, 3.63) is 42.1 Å². The van der Waals surface area contributed by atoms with E-state index in [2.05, 4.69) is 40.3 Å². The first-order valence-electron chi connectivity index (χ1n) is 10.3. The molecule has 1 N–H and O–H groups in total. The van der Waals surface area contributed by atoms with Gasteiger partial charge in [-0.2, -0.15) is 4.98 Å². The maximum atomic E-state index is 14.0. The van der Waals surface area contributed by atoms with Gasteiger partial charge in [0.2, 0.25) is 11.8 Å². The average molecular weight is 462 g/mol. The molecule has 1 aliphatic heterocycles. The summed E-state index contributed by atoms with van der Waals surface area (Å²) < 4.78 is 36.0. The van der Waals surface area contributed by atoms with Crippen molar-refractivity contribution in [3.63, 3.8) is 0 Å². The fraction of sp³-hybridized carbons (Fsp3) is 0.409. The Morgan fingerprint density at radius 3 is 2.94 bits per heavy atom. The summed E-state index contributed by atoms with van der Waals surface area (Å²) in [4.78, 5) is 23.1. The molecule has 3 aromatic rings. The molecule has 0 bridgehead atoms. The molecule has 1 amide bonds. The smallest absolute Gasteiger partial charge is 0.267 e. The van der Waals surface area contributed by atoms with Crippen LogP contribution in [0.3, 0.4) is 0 Å². The number of anilines is 2. The Balaban J connectivity index is 1.64. The molecule has 7 nitrogen and oxygen atoms in total.